The van der Waals surface area contributed by atoms with Crippen molar-refractivity contribution in [2.75, 3.05) is 6.61 Å². The molecule has 0 rings (SSSR count). The van der Waals surface area contributed by atoms with Gasteiger partial charge in [-0.25, -0.2) is 0 Å². The van der Waals surface area contributed by atoms with Gasteiger partial charge in [0.1, 0.15) is 0 Å². The van der Waals surface area contributed by atoms with Gasteiger partial charge in [-0.05, 0) is 57.8 Å². The van der Waals surface area contributed by atoms with E-state index < -0.39 is 12.1 Å². The van der Waals surface area contributed by atoms with Gasteiger partial charge in [0, 0.05) is 6.42 Å². The van der Waals surface area contributed by atoms with Gasteiger partial charge in [0.05, 0.1) is 18.8 Å². The highest BCUT2D eigenvalue weighted by molar-refractivity contribution is 5.76. The van der Waals surface area contributed by atoms with E-state index in [0.717, 1.165) is 57.8 Å². The summed E-state index contributed by atoms with van der Waals surface area (Å²) in [4.78, 5) is 12.3. The zero-order valence-corrected chi connectivity index (χ0v) is 28.9. The molecule has 2 unspecified atom stereocenters. The molecule has 0 heterocycles. The van der Waals surface area contributed by atoms with Crippen molar-refractivity contribution in [3.63, 3.8) is 0 Å². The van der Waals surface area contributed by atoms with Crippen molar-refractivity contribution in [2.24, 2.45) is 0 Å². The van der Waals surface area contributed by atoms with Crippen LogP contribution in [0, 0.1) is 0 Å². The van der Waals surface area contributed by atoms with Crippen molar-refractivity contribution in [1.29, 1.82) is 0 Å². The summed E-state index contributed by atoms with van der Waals surface area (Å²) in [6.07, 6.45) is 48.6. The molecular weight excluding hydrogens is 542 g/mol. The first-order valence-corrected chi connectivity index (χ1v) is 18.5. The number of allylic oxidation sites excluding steroid dienone is 10. The first-order chi connectivity index (χ1) is 21.7. The van der Waals surface area contributed by atoms with Gasteiger partial charge in [0.15, 0.2) is 0 Å². The highest BCUT2D eigenvalue weighted by atomic mass is 16.3. The average Bonchev–Trinajstić information content (AvgIpc) is 3.03. The van der Waals surface area contributed by atoms with Crippen LogP contribution in [0.4, 0.5) is 0 Å². The summed E-state index contributed by atoms with van der Waals surface area (Å²) in [5.74, 6) is -0.0461. The molecule has 0 radical (unpaired) electrons. The Morgan fingerprint density at radius 1 is 0.568 bits per heavy atom. The molecule has 0 aromatic heterocycles. The number of aliphatic hydroxyl groups is 2. The van der Waals surface area contributed by atoms with E-state index in [1.165, 1.54) is 83.5 Å². The Hall–Kier alpha value is -1.91. The van der Waals surface area contributed by atoms with Crippen LogP contribution in [0.3, 0.4) is 0 Å². The Kier molecular flexibility index (Phi) is 34.0. The van der Waals surface area contributed by atoms with Crippen molar-refractivity contribution in [3.05, 3.63) is 60.8 Å². The molecule has 4 nitrogen and oxygen atoms in total. The third-order valence-electron chi connectivity index (χ3n) is 8.04. The molecular formula is C40H71NO3. The fourth-order valence-electron chi connectivity index (χ4n) is 5.21. The molecule has 0 saturated heterocycles. The number of hydrogen-bond acceptors (Lipinski definition) is 3. The van der Waals surface area contributed by atoms with Gasteiger partial charge >= 0.3 is 0 Å². The monoisotopic (exact) mass is 614 g/mol. The van der Waals surface area contributed by atoms with E-state index in [4.69, 9.17) is 0 Å². The minimum atomic E-state index is -0.660. The first kappa shape index (κ1) is 42.1. The summed E-state index contributed by atoms with van der Waals surface area (Å²) in [6.45, 7) is 4.18. The van der Waals surface area contributed by atoms with E-state index >= 15 is 0 Å². The molecule has 0 aliphatic rings. The molecule has 0 bridgehead atoms. The number of nitrogens with one attached hydrogen (secondary N) is 1. The summed E-state index contributed by atoms with van der Waals surface area (Å²) >= 11 is 0. The maximum atomic E-state index is 12.3. The summed E-state index contributed by atoms with van der Waals surface area (Å²) < 4.78 is 0. The first-order valence-electron chi connectivity index (χ1n) is 18.5. The van der Waals surface area contributed by atoms with Crippen LogP contribution in [0.1, 0.15) is 168 Å². The topological polar surface area (TPSA) is 69.6 Å². The van der Waals surface area contributed by atoms with Crippen LogP contribution in [0.15, 0.2) is 60.8 Å². The Balaban J connectivity index is 3.56. The zero-order chi connectivity index (χ0) is 32.2. The van der Waals surface area contributed by atoms with Crippen LogP contribution in [0.25, 0.3) is 0 Å². The van der Waals surface area contributed by atoms with Crippen molar-refractivity contribution in [1.82, 2.24) is 5.32 Å². The maximum Gasteiger partial charge on any atom is 0.220 e. The third-order valence-corrected chi connectivity index (χ3v) is 8.04. The van der Waals surface area contributed by atoms with E-state index in [1.807, 2.05) is 0 Å². The van der Waals surface area contributed by atoms with Gasteiger partial charge in [-0.1, -0.05) is 164 Å². The van der Waals surface area contributed by atoms with Crippen molar-refractivity contribution in [3.8, 4) is 0 Å². The van der Waals surface area contributed by atoms with Crippen molar-refractivity contribution < 1.29 is 15.0 Å². The van der Waals surface area contributed by atoms with Crippen LogP contribution in [-0.2, 0) is 4.79 Å². The summed E-state index contributed by atoms with van der Waals surface area (Å²) in [5, 5.41) is 22.9. The normalized spacial score (nSPS) is 13.8. The molecule has 0 aliphatic carbocycles. The lowest BCUT2D eigenvalue weighted by molar-refractivity contribution is -0.123. The van der Waals surface area contributed by atoms with Gasteiger partial charge < -0.3 is 15.5 Å². The summed E-state index contributed by atoms with van der Waals surface area (Å²) in [5.41, 5.74) is 0. The molecule has 4 heteroatoms. The highest BCUT2D eigenvalue weighted by Gasteiger charge is 2.19. The maximum absolute atomic E-state index is 12.3. The molecule has 0 aromatic carbocycles. The third kappa shape index (κ3) is 31.5. The van der Waals surface area contributed by atoms with Gasteiger partial charge in [0.25, 0.3) is 0 Å². The predicted octanol–water partition coefficient (Wildman–Crippen LogP) is 11.0. The number of rotatable bonds is 32. The second kappa shape index (κ2) is 35.6. The fraction of sp³-hybridized carbons (Fsp3) is 0.725. The van der Waals surface area contributed by atoms with Gasteiger partial charge in [-0.15, -0.1) is 0 Å². The van der Waals surface area contributed by atoms with E-state index in [-0.39, 0.29) is 12.5 Å². The van der Waals surface area contributed by atoms with Crippen LogP contribution in [0.5, 0.6) is 0 Å². The number of hydrogen-bond donors (Lipinski definition) is 3. The molecule has 0 aromatic rings. The number of carbonyl (C=O) groups excluding carboxylic acids is 1. The molecule has 0 saturated carbocycles. The zero-order valence-electron chi connectivity index (χ0n) is 28.9. The lowest BCUT2D eigenvalue weighted by Gasteiger charge is -2.22. The fourth-order valence-corrected chi connectivity index (χ4v) is 5.21. The van der Waals surface area contributed by atoms with Crippen molar-refractivity contribution in [2.45, 2.75) is 180 Å². The average molecular weight is 614 g/mol. The molecule has 0 spiro atoms. The number of aliphatic hydroxyl groups excluding tert-OH is 2. The van der Waals surface area contributed by atoms with Gasteiger partial charge in [0.2, 0.25) is 5.91 Å². The lowest BCUT2D eigenvalue weighted by atomic mass is 10.0. The molecule has 0 aliphatic heterocycles. The van der Waals surface area contributed by atoms with E-state index in [1.54, 1.807) is 0 Å². The summed E-state index contributed by atoms with van der Waals surface area (Å²) in [7, 11) is 0. The molecule has 1 amide bonds. The quantitative estimate of drug-likeness (QED) is 0.0522. The standard InChI is InChI=1S/C40H71NO3/c1-3-5-7-9-11-12-13-14-15-16-17-18-19-20-21-22-23-24-25-26-27-28-30-32-34-36-40(44)41-38(37-42)39(43)35-33-31-29-10-8-6-4-2/h5,7,11-12,14-15,17-18,20-21,38-39,42-43H,3-4,6,8-10,13,16,19,22-37H2,1-2H3,(H,41,44)/b7-5-,12-11-,15-14-,18-17-,21-20-. The minimum absolute atomic E-state index is 0.0461. The smallest absolute Gasteiger partial charge is 0.220 e. The van der Waals surface area contributed by atoms with Crippen LogP contribution in [-0.4, -0.2) is 34.9 Å². The number of unbranched alkanes of at least 4 members (excludes halogenated alkanes) is 15. The summed E-state index contributed by atoms with van der Waals surface area (Å²) in [6, 6.07) is -0.538. The van der Waals surface area contributed by atoms with Gasteiger partial charge in [-0.3, -0.25) is 4.79 Å². The second-order valence-corrected chi connectivity index (χ2v) is 12.3. The van der Waals surface area contributed by atoms with E-state index in [9.17, 15) is 15.0 Å². The number of carbonyl (C=O) groups is 1. The van der Waals surface area contributed by atoms with Crippen LogP contribution < -0.4 is 5.32 Å². The molecule has 44 heavy (non-hydrogen) atoms. The SMILES string of the molecule is CC/C=C\C/C=C\C/C=C\C/C=C\C/C=C\CCCCCCCCCCCC(=O)NC(CO)C(O)CCCCCCCCC. The predicted molar refractivity (Wildman–Crippen MR) is 193 cm³/mol. The lowest BCUT2D eigenvalue weighted by Crippen LogP contribution is -2.45. The number of amides is 1. The Bertz CT molecular complexity index is 752. The Morgan fingerprint density at radius 2 is 1.00 bits per heavy atom. The largest absolute Gasteiger partial charge is 0.394 e. The van der Waals surface area contributed by atoms with Crippen LogP contribution in [0.2, 0.25) is 0 Å². The molecule has 2 atom stereocenters. The minimum Gasteiger partial charge on any atom is -0.394 e. The molecule has 0 fully saturated rings. The van der Waals surface area contributed by atoms with Crippen LogP contribution >= 0.6 is 0 Å². The molecule has 3 N–H and O–H groups in total. The Morgan fingerprint density at radius 3 is 1.50 bits per heavy atom. The van der Waals surface area contributed by atoms with Crippen molar-refractivity contribution >= 4 is 5.91 Å². The Labute approximate surface area is 273 Å². The van der Waals surface area contributed by atoms with Gasteiger partial charge in [-0.2, -0.15) is 0 Å². The second-order valence-electron chi connectivity index (χ2n) is 12.3. The van der Waals surface area contributed by atoms with E-state index in [2.05, 4.69) is 79.9 Å². The molecule has 254 valence electrons. The highest BCUT2D eigenvalue weighted by Crippen LogP contribution is 2.13. The van der Waals surface area contributed by atoms with E-state index in [0.29, 0.717) is 12.8 Å².